The summed E-state index contributed by atoms with van der Waals surface area (Å²) in [5.41, 5.74) is -0.194. The molecule has 1 fully saturated rings. The van der Waals surface area contributed by atoms with Crippen molar-refractivity contribution in [3.8, 4) is 0 Å². The monoisotopic (exact) mass is 243 g/mol. The van der Waals surface area contributed by atoms with Crippen LogP contribution in [-0.4, -0.2) is 36.4 Å². The van der Waals surface area contributed by atoms with Gasteiger partial charge < -0.3 is 15.2 Å². The second-order valence-electron chi connectivity index (χ2n) is 5.24. The van der Waals surface area contributed by atoms with E-state index in [1.165, 1.54) is 13.5 Å². The van der Waals surface area contributed by atoms with Gasteiger partial charge in [0.25, 0.3) is 0 Å². The highest BCUT2D eigenvalue weighted by atomic mass is 16.5. The molecular formula is C13H25NO3. The van der Waals surface area contributed by atoms with E-state index in [4.69, 9.17) is 4.74 Å². The van der Waals surface area contributed by atoms with Gasteiger partial charge in [0.2, 0.25) is 0 Å². The van der Waals surface area contributed by atoms with Gasteiger partial charge in [-0.2, -0.15) is 0 Å². The Morgan fingerprint density at radius 1 is 1.35 bits per heavy atom. The zero-order valence-corrected chi connectivity index (χ0v) is 11.2. The minimum atomic E-state index is -0.200. The summed E-state index contributed by atoms with van der Waals surface area (Å²) in [5.74, 6) is -0.390. The Hall–Kier alpha value is -0.610. The number of aliphatic hydroxyl groups excluding tert-OH is 1. The van der Waals surface area contributed by atoms with Gasteiger partial charge in [0.15, 0.2) is 0 Å². The molecule has 0 aliphatic heterocycles. The van der Waals surface area contributed by atoms with Crippen molar-refractivity contribution in [3.05, 3.63) is 0 Å². The fraction of sp³-hybridized carbons (Fsp3) is 0.923. The van der Waals surface area contributed by atoms with E-state index in [-0.39, 0.29) is 30.1 Å². The van der Waals surface area contributed by atoms with Crippen molar-refractivity contribution in [3.63, 3.8) is 0 Å². The smallest absolute Gasteiger partial charge is 0.309 e. The molecule has 1 saturated carbocycles. The van der Waals surface area contributed by atoms with E-state index in [9.17, 15) is 9.90 Å². The minimum absolute atomic E-state index is 0.0210. The maximum absolute atomic E-state index is 11.5. The van der Waals surface area contributed by atoms with Crippen molar-refractivity contribution >= 4 is 5.97 Å². The number of hydrogen-bond donors (Lipinski definition) is 2. The molecule has 0 spiro atoms. The van der Waals surface area contributed by atoms with Crippen molar-refractivity contribution in [2.24, 2.45) is 5.92 Å². The minimum Gasteiger partial charge on any atom is -0.469 e. The van der Waals surface area contributed by atoms with Gasteiger partial charge in [-0.1, -0.05) is 26.2 Å². The van der Waals surface area contributed by atoms with Crippen molar-refractivity contribution < 1.29 is 14.6 Å². The number of carbonyl (C=O) groups is 1. The lowest BCUT2D eigenvalue weighted by Crippen LogP contribution is -2.55. The third-order valence-corrected chi connectivity index (χ3v) is 3.97. The predicted octanol–water partition coefficient (Wildman–Crippen LogP) is 1.47. The average Bonchev–Trinajstić information content (AvgIpc) is 2.37. The maximum atomic E-state index is 11.5. The molecule has 100 valence electrons. The van der Waals surface area contributed by atoms with Crippen LogP contribution in [0.2, 0.25) is 0 Å². The van der Waals surface area contributed by atoms with Crippen molar-refractivity contribution in [1.29, 1.82) is 0 Å². The Morgan fingerprint density at radius 3 is 2.41 bits per heavy atom. The lowest BCUT2D eigenvalue weighted by Gasteiger charge is -2.40. The highest BCUT2D eigenvalue weighted by Crippen LogP contribution is 2.29. The normalized spacial score (nSPS) is 22.8. The Labute approximate surface area is 104 Å². The second-order valence-corrected chi connectivity index (χ2v) is 5.24. The van der Waals surface area contributed by atoms with Crippen molar-refractivity contribution in [1.82, 2.24) is 5.32 Å². The predicted molar refractivity (Wildman–Crippen MR) is 66.7 cm³/mol. The van der Waals surface area contributed by atoms with Crippen LogP contribution in [0, 0.1) is 5.92 Å². The number of carbonyl (C=O) groups excluding carboxylic acids is 1. The first-order valence-corrected chi connectivity index (χ1v) is 6.51. The van der Waals surface area contributed by atoms with Crippen LogP contribution in [-0.2, 0) is 9.53 Å². The van der Waals surface area contributed by atoms with Gasteiger partial charge in [0.1, 0.15) is 0 Å². The number of esters is 1. The largest absolute Gasteiger partial charge is 0.469 e. The first kappa shape index (κ1) is 14.5. The first-order valence-electron chi connectivity index (χ1n) is 6.51. The van der Waals surface area contributed by atoms with Crippen LogP contribution >= 0.6 is 0 Å². The molecule has 0 amide bonds. The summed E-state index contributed by atoms with van der Waals surface area (Å²) < 4.78 is 4.75. The molecule has 2 atom stereocenters. The van der Waals surface area contributed by atoms with E-state index in [1.54, 1.807) is 0 Å². The van der Waals surface area contributed by atoms with Gasteiger partial charge in [-0.05, 0) is 19.8 Å². The number of aliphatic hydroxyl groups is 1. The fourth-order valence-electron chi connectivity index (χ4n) is 2.57. The number of ether oxygens (including phenoxy) is 1. The van der Waals surface area contributed by atoms with Gasteiger partial charge in [0, 0.05) is 11.6 Å². The molecule has 17 heavy (non-hydrogen) atoms. The maximum Gasteiger partial charge on any atom is 0.309 e. The molecule has 0 heterocycles. The van der Waals surface area contributed by atoms with Crippen LogP contribution in [0.15, 0.2) is 0 Å². The van der Waals surface area contributed by atoms with E-state index in [0.29, 0.717) is 0 Å². The molecule has 0 aromatic rings. The Morgan fingerprint density at radius 2 is 1.94 bits per heavy atom. The fourth-order valence-corrected chi connectivity index (χ4v) is 2.57. The Balaban J connectivity index is 2.58. The summed E-state index contributed by atoms with van der Waals surface area (Å²) in [4.78, 5) is 11.5. The van der Waals surface area contributed by atoms with Gasteiger partial charge in [-0.25, -0.2) is 0 Å². The number of rotatable bonds is 5. The molecular weight excluding hydrogens is 218 g/mol. The molecule has 2 unspecified atom stereocenters. The molecule has 0 saturated heterocycles. The summed E-state index contributed by atoms with van der Waals surface area (Å²) >= 11 is 0. The SMILES string of the molecule is COC(=O)C(C)C(C)NC1(CO)CCCCC1. The summed E-state index contributed by atoms with van der Waals surface area (Å²) in [7, 11) is 1.41. The van der Waals surface area contributed by atoms with E-state index in [0.717, 1.165) is 25.7 Å². The highest BCUT2D eigenvalue weighted by Gasteiger charge is 2.34. The first-order chi connectivity index (χ1) is 8.04. The molecule has 4 nitrogen and oxygen atoms in total. The molecule has 1 aliphatic rings. The summed E-state index contributed by atoms with van der Waals surface area (Å²) in [6.45, 7) is 3.98. The lowest BCUT2D eigenvalue weighted by molar-refractivity contribution is -0.146. The second kappa shape index (κ2) is 6.36. The molecule has 0 radical (unpaired) electrons. The van der Waals surface area contributed by atoms with Crippen LogP contribution in [0.25, 0.3) is 0 Å². The summed E-state index contributed by atoms with van der Waals surface area (Å²) in [6, 6.07) is 0.0210. The molecule has 0 aromatic carbocycles. The van der Waals surface area contributed by atoms with E-state index in [2.05, 4.69) is 5.32 Å². The van der Waals surface area contributed by atoms with Crippen LogP contribution in [0.3, 0.4) is 0 Å². The third kappa shape index (κ3) is 3.68. The number of nitrogens with one attached hydrogen (secondary N) is 1. The summed E-state index contributed by atoms with van der Waals surface area (Å²) in [6.07, 6.45) is 5.51. The average molecular weight is 243 g/mol. The number of hydrogen-bond acceptors (Lipinski definition) is 4. The topological polar surface area (TPSA) is 58.6 Å². The van der Waals surface area contributed by atoms with E-state index in [1.807, 2.05) is 13.8 Å². The van der Waals surface area contributed by atoms with E-state index < -0.39 is 0 Å². The van der Waals surface area contributed by atoms with Gasteiger partial charge >= 0.3 is 5.97 Å². The van der Waals surface area contributed by atoms with Crippen molar-refractivity contribution in [2.75, 3.05) is 13.7 Å². The van der Waals surface area contributed by atoms with Gasteiger partial charge in [0.05, 0.1) is 19.6 Å². The Bertz CT molecular complexity index is 249. The highest BCUT2D eigenvalue weighted by molar-refractivity contribution is 5.72. The zero-order valence-electron chi connectivity index (χ0n) is 11.2. The molecule has 2 N–H and O–H groups in total. The quantitative estimate of drug-likeness (QED) is 0.718. The third-order valence-electron chi connectivity index (χ3n) is 3.97. The standard InChI is InChI=1S/C13H25NO3/c1-10(12(16)17-3)11(2)14-13(9-15)7-5-4-6-8-13/h10-11,14-15H,4-9H2,1-3H3. The molecule has 1 aliphatic carbocycles. The Kier molecular flexibility index (Phi) is 5.40. The van der Waals surface area contributed by atoms with Crippen LogP contribution in [0.1, 0.15) is 46.0 Å². The van der Waals surface area contributed by atoms with Crippen LogP contribution < -0.4 is 5.32 Å². The zero-order chi connectivity index (χ0) is 12.9. The molecule has 0 aromatic heterocycles. The molecule has 1 rings (SSSR count). The molecule has 0 bridgehead atoms. The van der Waals surface area contributed by atoms with E-state index >= 15 is 0 Å². The number of methoxy groups -OCH3 is 1. The van der Waals surface area contributed by atoms with Crippen molar-refractivity contribution in [2.45, 2.75) is 57.5 Å². The van der Waals surface area contributed by atoms with Gasteiger partial charge in [-0.15, -0.1) is 0 Å². The molecule has 4 heteroatoms. The lowest BCUT2D eigenvalue weighted by atomic mass is 9.81. The van der Waals surface area contributed by atoms with Gasteiger partial charge in [-0.3, -0.25) is 4.79 Å². The van der Waals surface area contributed by atoms with Crippen LogP contribution in [0.4, 0.5) is 0 Å². The summed E-state index contributed by atoms with van der Waals surface area (Å²) in [5, 5.41) is 13.0. The van der Waals surface area contributed by atoms with Crippen LogP contribution in [0.5, 0.6) is 0 Å².